The van der Waals surface area contributed by atoms with Crippen molar-refractivity contribution < 1.29 is 13.2 Å². The predicted molar refractivity (Wildman–Crippen MR) is 74.4 cm³/mol. The molecule has 0 aliphatic carbocycles. The molecule has 0 amide bonds. The Labute approximate surface area is 117 Å². The number of halogens is 3. The van der Waals surface area contributed by atoms with E-state index in [4.69, 9.17) is 5.73 Å². The maximum atomic E-state index is 12.5. The molecule has 0 aromatic heterocycles. The molecule has 2 N–H and O–H groups in total. The Kier molecular flexibility index (Phi) is 4.70. The van der Waals surface area contributed by atoms with E-state index in [0.29, 0.717) is 13.1 Å². The molecule has 0 spiro atoms. The summed E-state index contributed by atoms with van der Waals surface area (Å²) in [6.45, 7) is 1.70. The summed E-state index contributed by atoms with van der Waals surface area (Å²) in [6.07, 6.45) is -0.921. The smallest absolute Gasteiger partial charge is 0.399 e. The number of nitrogens with zero attached hydrogens (tertiary/aromatic N) is 1. The molecule has 0 saturated heterocycles. The lowest BCUT2D eigenvalue weighted by Gasteiger charge is -2.27. The molecule has 2 rings (SSSR count). The lowest BCUT2D eigenvalue weighted by molar-refractivity contribution is -0.0960. The molecular formula is C15H19F3N2. The summed E-state index contributed by atoms with van der Waals surface area (Å²) < 4.78 is 37.4. The van der Waals surface area contributed by atoms with Crippen LogP contribution in [0.15, 0.2) is 35.9 Å². The van der Waals surface area contributed by atoms with E-state index in [-0.39, 0.29) is 12.0 Å². The third-order valence-corrected chi connectivity index (χ3v) is 3.55. The fourth-order valence-corrected chi connectivity index (χ4v) is 2.43. The summed E-state index contributed by atoms with van der Waals surface area (Å²) in [4.78, 5) is 2.06. The SMILES string of the molecule is Nc1cccc(CCCN2CC=C(C(F)(F)F)CC2)c1. The third kappa shape index (κ3) is 4.27. The van der Waals surface area contributed by atoms with Crippen LogP contribution in [0.4, 0.5) is 18.9 Å². The average Bonchev–Trinajstić information content (AvgIpc) is 2.38. The quantitative estimate of drug-likeness (QED) is 0.678. The summed E-state index contributed by atoms with van der Waals surface area (Å²) in [5.74, 6) is 0. The second-order valence-electron chi connectivity index (χ2n) is 5.13. The fourth-order valence-electron chi connectivity index (χ4n) is 2.43. The Morgan fingerprint density at radius 3 is 2.65 bits per heavy atom. The van der Waals surface area contributed by atoms with Crippen molar-refractivity contribution in [2.45, 2.75) is 25.4 Å². The van der Waals surface area contributed by atoms with E-state index < -0.39 is 6.18 Å². The zero-order valence-corrected chi connectivity index (χ0v) is 11.3. The number of nitrogens with two attached hydrogens (primary N) is 1. The summed E-state index contributed by atoms with van der Waals surface area (Å²) in [7, 11) is 0. The van der Waals surface area contributed by atoms with Gasteiger partial charge in [-0.3, -0.25) is 4.90 Å². The van der Waals surface area contributed by atoms with Gasteiger partial charge in [-0.2, -0.15) is 13.2 Å². The van der Waals surface area contributed by atoms with Gasteiger partial charge in [0.1, 0.15) is 0 Å². The van der Waals surface area contributed by atoms with Crippen molar-refractivity contribution >= 4 is 5.69 Å². The minimum absolute atomic E-state index is 0.0990. The van der Waals surface area contributed by atoms with E-state index in [0.717, 1.165) is 25.1 Å². The van der Waals surface area contributed by atoms with Crippen LogP contribution in [0, 0.1) is 0 Å². The third-order valence-electron chi connectivity index (χ3n) is 3.55. The Morgan fingerprint density at radius 1 is 1.25 bits per heavy atom. The summed E-state index contributed by atoms with van der Waals surface area (Å²) in [5, 5.41) is 0. The maximum Gasteiger partial charge on any atom is 0.412 e. The number of anilines is 1. The van der Waals surface area contributed by atoms with Crippen molar-refractivity contribution in [3.05, 3.63) is 41.5 Å². The number of hydrogen-bond acceptors (Lipinski definition) is 2. The number of aryl methyl sites for hydroxylation is 1. The van der Waals surface area contributed by atoms with Gasteiger partial charge in [0.25, 0.3) is 0 Å². The summed E-state index contributed by atoms with van der Waals surface area (Å²) in [6, 6.07) is 7.73. The van der Waals surface area contributed by atoms with Crippen LogP contribution >= 0.6 is 0 Å². The van der Waals surface area contributed by atoms with Crippen LogP contribution in [0.25, 0.3) is 0 Å². The van der Waals surface area contributed by atoms with Crippen LogP contribution in [-0.4, -0.2) is 30.7 Å². The molecule has 110 valence electrons. The number of benzene rings is 1. The number of alkyl halides is 3. The van der Waals surface area contributed by atoms with Crippen LogP contribution < -0.4 is 5.73 Å². The van der Waals surface area contributed by atoms with Gasteiger partial charge in [-0.25, -0.2) is 0 Å². The molecule has 0 unspecified atom stereocenters. The zero-order valence-electron chi connectivity index (χ0n) is 11.3. The number of hydrogen-bond donors (Lipinski definition) is 1. The van der Waals surface area contributed by atoms with Crippen molar-refractivity contribution in [2.24, 2.45) is 0 Å². The summed E-state index contributed by atoms with van der Waals surface area (Å²) in [5.41, 5.74) is 7.24. The van der Waals surface area contributed by atoms with Gasteiger partial charge in [0.2, 0.25) is 0 Å². The highest BCUT2D eigenvalue weighted by molar-refractivity contribution is 5.40. The summed E-state index contributed by atoms with van der Waals surface area (Å²) >= 11 is 0. The van der Waals surface area contributed by atoms with Crippen molar-refractivity contribution in [3.63, 3.8) is 0 Å². The number of nitrogen functional groups attached to an aromatic ring is 1. The first-order chi connectivity index (χ1) is 9.45. The largest absolute Gasteiger partial charge is 0.412 e. The lowest BCUT2D eigenvalue weighted by Crippen LogP contribution is -2.32. The fraction of sp³-hybridized carbons (Fsp3) is 0.467. The Balaban J connectivity index is 1.75. The van der Waals surface area contributed by atoms with Gasteiger partial charge in [-0.15, -0.1) is 0 Å². The van der Waals surface area contributed by atoms with Gasteiger partial charge in [-0.05, 0) is 43.5 Å². The molecule has 2 nitrogen and oxygen atoms in total. The van der Waals surface area contributed by atoms with Crippen LogP contribution in [0.5, 0.6) is 0 Å². The maximum absolute atomic E-state index is 12.5. The second-order valence-corrected chi connectivity index (χ2v) is 5.13. The monoisotopic (exact) mass is 284 g/mol. The highest BCUT2D eigenvalue weighted by Crippen LogP contribution is 2.30. The first-order valence-corrected chi connectivity index (χ1v) is 6.78. The van der Waals surface area contributed by atoms with E-state index in [1.165, 1.54) is 11.6 Å². The van der Waals surface area contributed by atoms with Gasteiger partial charge in [0.05, 0.1) is 0 Å². The van der Waals surface area contributed by atoms with E-state index in [9.17, 15) is 13.2 Å². The topological polar surface area (TPSA) is 29.3 Å². The second kappa shape index (κ2) is 6.31. The standard InChI is InChI=1S/C15H19F3N2/c16-15(17,18)13-6-9-20(10-7-13)8-2-4-12-3-1-5-14(19)11-12/h1,3,5-6,11H,2,4,7-10,19H2. The first kappa shape index (κ1) is 14.9. The normalized spacial score (nSPS) is 17.1. The molecule has 20 heavy (non-hydrogen) atoms. The highest BCUT2D eigenvalue weighted by Gasteiger charge is 2.34. The molecule has 0 radical (unpaired) electrons. The molecule has 1 heterocycles. The Hall–Kier alpha value is -1.49. The molecule has 1 aromatic rings. The van der Waals surface area contributed by atoms with Crippen LogP contribution in [0.2, 0.25) is 0 Å². The van der Waals surface area contributed by atoms with Crippen LogP contribution in [0.1, 0.15) is 18.4 Å². The minimum Gasteiger partial charge on any atom is -0.399 e. The average molecular weight is 284 g/mol. The molecule has 1 aliphatic rings. The Morgan fingerprint density at radius 2 is 2.05 bits per heavy atom. The Bertz CT molecular complexity index is 480. The van der Waals surface area contributed by atoms with Gasteiger partial charge in [0, 0.05) is 24.4 Å². The van der Waals surface area contributed by atoms with E-state index in [1.54, 1.807) is 0 Å². The van der Waals surface area contributed by atoms with E-state index >= 15 is 0 Å². The lowest BCUT2D eigenvalue weighted by atomic mass is 10.1. The molecular weight excluding hydrogens is 265 g/mol. The van der Waals surface area contributed by atoms with Gasteiger partial charge >= 0.3 is 6.18 Å². The van der Waals surface area contributed by atoms with Crippen LogP contribution in [0.3, 0.4) is 0 Å². The van der Waals surface area contributed by atoms with E-state index in [2.05, 4.69) is 4.90 Å². The molecule has 1 aliphatic heterocycles. The molecule has 5 heteroatoms. The molecule has 0 bridgehead atoms. The zero-order chi connectivity index (χ0) is 14.6. The first-order valence-electron chi connectivity index (χ1n) is 6.78. The molecule has 1 aromatic carbocycles. The van der Waals surface area contributed by atoms with Gasteiger partial charge < -0.3 is 5.73 Å². The predicted octanol–water partition coefficient (Wildman–Crippen LogP) is 3.40. The van der Waals surface area contributed by atoms with Crippen molar-refractivity contribution in [1.29, 1.82) is 0 Å². The van der Waals surface area contributed by atoms with Gasteiger partial charge in [-0.1, -0.05) is 18.2 Å². The van der Waals surface area contributed by atoms with Gasteiger partial charge in [0.15, 0.2) is 0 Å². The molecule has 0 atom stereocenters. The van der Waals surface area contributed by atoms with Crippen molar-refractivity contribution in [3.8, 4) is 0 Å². The van der Waals surface area contributed by atoms with Crippen LogP contribution in [-0.2, 0) is 6.42 Å². The van der Waals surface area contributed by atoms with E-state index in [1.807, 2.05) is 24.3 Å². The van der Waals surface area contributed by atoms with Crippen molar-refractivity contribution in [1.82, 2.24) is 4.90 Å². The molecule has 0 fully saturated rings. The molecule has 0 saturated carbocycles. The highest BCUT2D eigenvalue weighted by atomic mass is 19.4. The minimum atomic E-state index is -4.16. The van der Waals surface area contributed by atoms with Crippen molar-refractivity contribution in [2.75, 3.05) is 25.4 Å². The number of rotatable bonds is 4.